The summed E-state index contributed by atoms with van der Waals surface area (Å²) >= 11 is 0. The van der Waals surface area contributed by atoms with E-state index in [-0.39, 0.29) is 66.6 Å². The van der Waals surface area contributed by atoms with Gasteiger partial charge in [0, 0.05) is 24.4 Å². The zero-order valence-electron chi connectivity index (χ0n) is 27.3. The molecule has 4 aromatic rings. The Morgan fingerprint density at radius 3 is 2.53 bits per heavy atom. The Labute approximate surface area is 291 Å². The number of aryl methyl sites for hydroxylation is 1. The van der Waals surface area contributed by atoms with Gasteiger partial charge < -0.3 is 24.7 Å². The van der Waals surface area contributed by atoms with Gasteiger partial charge in [-0.25, -0.2) is 15.1 Å². The molecule has 0 fully saturated rings. The number of esters is 1. The highest BCUT2D eigenvalue weighted by Crippen LogP contribution is 2.29. The van der Waals surface area contributed by atoms with E-state index in [4.69, 9.17) is 35.1 Å². The first kappa shape index (κ1) is 37.8. The second kappa shape index (κ2) is 18.1. The molecular formula is C30H34N10O10S. The lowest BCUT2D eigenvalue weighted by Gasteiger charge is -2.19. The Morgan fingerprint density at radius 1 is 1.08 bits per heavy atom. The standard InChI is InChI=1S/C30H34N10O10S/c1-19-10-11-25(33-18-19)51(44,45)37-28(31)27(50-24-8-5-4-7-23(24)46-3)30(48-16-15-47-26(41)9-6-14-49-40(42)43)34-20(2)21-12-13-32-22(17-21)29-35-38-39-36-29/h4-5,7-8,10-13,17-18,37,42-43H,2,6,9,14-16,31H2,1,3H3,(H,35,36,38,39)/b28-27-,34-30+. The predicted octanol–water partition coefficient (Wildman–Crippen LogP) is 1.88. The summed E-state index contributed by atoms with van der Waals surface area (Å²) < 4.78 is 51.6. The van der Waals surface area contributed by atoms with Gasteiger partial charge in [-0.05, 0) is 59.7 Å². The number of nitrogens with two attached hydrogens (primary N) is 1. The third kappa shape index (κ3) is 11.3. The van der Waals surface area contributed by atoms with Gasteiger partial charge in [0.1, 0.15) is 18.9 Å². The molecule has 0 saturated heterocycles. The quantitative estimate of drug-likeness (QED) is 0.0244. The molecule has 4 rings (SSSR count). The normalized spacial score (nSPS) is 12.2. The summed E-state index contributed by atoms with van der Waals surface area (Å²) in [7, 11) is -2.95. The molecule has 0 atom stereocenters. The minimum atomic E-state index is -4.36. The molecule has 0 saturated carbocycles. The van der Waals surface area contributed by atoms with Crippen molar-refractivity contribution in [3.63, 3.8) is 0 Å². The molecule has 0 amide bonds. The lowest BCUT2D eigenvalue weighted by atomic mass is 10.2. The van der Waals surface area contributed by atoms with Crippen LogP contribution in [0.25, 0.3) is 17.2 Å². The molecule has 0 radical (unpaired) electrons. The first-order valence-electron chi connectivity index (χ1n) is 14.8. The topological polar surface area (TPSA) is 272 Å². The van der Waals surface area contributed by atoms with Crippen LogP contribution in [-0.4, -0.2) is 93.6 Å². The third-order valence-corrected chi connectivity index (χ3v) is 7.64. The van der Waals surface area contributed by atoms with Crippen LogP contribution in [-0.2, 0) is 29.1 Å². The SMILES string of the molecule is C=C(/N=C(OCCOC(=O)CCCON(O)O)\C(Oc1ccccc1OC)=C(/N)NS(=O)(=O)c1ccc(C)cn1)c1ccnc(-c2nnn[nH]2)c1. The Balaban J connectivity index is 1.70. The molecule has 51 heavy (non-hydrogen) atoms. The van der Waals surface area contributed by atoms with Crippen LogP contribution >= 0.6 is 0 Å². The number of para-hydroxylation sites is 2. The van der Waals surface area contributed by atoms with Crippen LogP contribution in [0, 0.1) is 6.92 Å². The number of nitrogens with zero attached hydrogens (tertiary/aromatic N) is 7. The van der Waals surface area contributed by atoms with Crippen molar-refractivity contribution >= 4 is 27.6 Å². The second-order valence-electron chi connectivity index (χ2n) is 10.1. The van der Waals surface area contributed by atoms with E-state index < -0.39 is 33.0 Å². The molecule has 3 heterocycles. The van der Waals surface area contributed by atoms with E-state index >= 15 is 0 Å². The summed E-state index contributed by atoms with van der Waals surface area (Å²) in [5.74, 6) is -1.35. The van der Waals surface area contributed by atoms with Crippen LogP contribution in [0.1, 0.15) is 24.0 Å². The number of benzene rings is 1. The number of H-pyrrole nitrogens is 1. The number of sulfonamides is 1. The summed E-state index contributed by atoms with van der Waals surface area (Å²) in [6.07, 6.45) is 2.85. The number of ether oxygens (including phenoxy) is 4. The van der Waals surface area contributed by atoms with Crippen molar-refractivity contribution in [3.8, 4) is 23.0 Å². The van der Waals surface area contributed by atoms with Gasteiger partial charge in [-0.3, -0.25) is 29.8 Å². The fourth-order valence-corrected chi connectivity index (χ4v) is 4.88. The number of hydrogen-bond donors (Lipinski definition) is 5. The van der Waals surface area contributed by atoms with Gasteiger partial charge in [0.05, 0.1) is 24.8 Å². The molecule has 1 aromatic carbocycles. The molecule has 0 aliphatic carbocycles. The van der Waals surface area contributed by atoms with Crippen LogP contribution in [0.2, 0.25) is 0 Å². The molecular weight excluding hydrogens is 692 g/mol. The van der Waals surface area contributed by atoms with Gasteiger partial charge in [0.15, 0.2) is 28.2 Å². The summed E-state index contributed by atoms with van der Waals surface area (Å²) in [5, 5.41) is 30.0. The van der Waals surface area contributed by atoms with Gasteiger partial charge in [-0.1, -0.05) is 24.8 Å². The fourth-order valence-electron chi connectivity index (χ4n) is 3.96. The Morgan fingerprint density at radius 2 is 1.84 bits per heavy atom. The maximum atomic E-state index is 13.3. The van der Waals surface area contributed by atoms with Crippen LogP contribution in [0.5, 0.6) is 11.5 Å². The zero-order valence-corrected chi connectivity index (χ0v) is 28.1. The highest BCUT2D eigenvalue weighted by atomic mass is 32.2. The average molecular weight is 727 g/mol. The van der Waals surface area contributed by atoms with Gasteiger partial charge in [-0.2, -0.15) is 8.42 Å². The smallest absolute Gasteiger partial charge is 0.305 e. The average Bonchev–Trinajstić information content (AvgIpc) is 3.66. The number of hydrogen-bond acceptors (Lipinski definition) is 18. The molecule has 6 N–H and O–H groups in total. The molecule has 0 unspecified atom stereocenters. The molecule has 0 aliphatic heterocycles. The maximum absolute atomic E-state index is 13.3. The van der Waals surface area contributed by atoms with E-state index in [1.54, 1.807) is 43.3 Å². The molecule has 20 nitrogen and oxygen atoms in total. The highest BCUT2D eigenvalue weighted by molar-refractivity contribution is 7.89. The van der Waals surface area contributed by atoms with E-state index in [1.807, 2.05) is 0 Å². The number of pyridine rings is 2. The molecule has 270 valence electrons. The predicted molar refractivity (Wildman–Crippen MR) is 176 cm³/mol. The van der Waals surface area contributed by atoms with Gasteiger partial charge in [0.25, 0.3) is 15.9 Å². The highest BCUT2D eigenvalue weighted by Gasteiger charge is 2.25. The van der Waals surface area contributed by atoms with E-state index in [9.17, 15) is 13.2 Å². The second-order valence-corrected chi connectivity index (χ2v) is 11.7. The molecule has 0 aliphatic rings. The Bertz CT molecular complexity index is 1950. The van der Waals surface area contributed by atoms with Crippen molar-refractivity contribution in [2.75, 3.05) is 26.9 Å². The number of aliphatic imine (C=N–C) groups is 1. The number of rotatable bonds is 18. The van der Waals surface area contributed by atoms with E-state index in [0.29, 0.717) is 11.3 Å². The molecule has 0 bridgehead atoms. The number of nitrogens with one attached hydrogen (secondary N) is 2. The van der Waals surface area contributed by atoms with Crippen LogP contribution in [0.3, 0.4) is 0 Å². The number of carbonyl (C=O) groups excluding carboxylic acids is 1. The van der Waals surface area contributed by atoms with Crippen LogP contribution < -0.4 is 19.9 Å². The van der Waals surface area contributed by atoms with Gasteiger partial charge in [0.2, 0.25) is 5.76 Å². The molecule has 0 spiro atoms. The number of aromatic amines is 1. The number of tetrazole rings is 1. The van der Waals surface area contributed by atoms with Gasteiger partial charge >= 0.3 is 5.97 Å². The largest absolute Gasteiger partial charge is 0.493 e. The van der Waals surface area contributed by atoms with E-state index in [1.165, 1.54) is 31.6 Å². The first-order valence-corrected chi connectivity index (χ1v) is 16.3. The number of carbonyl (C=O) groups is 1. The van der Waals surface area contributed by atoms with Crippen molar-refractivity contribution < 1.29 is 47.4 Å². The maximum Gasteiger partial charge on any atom is 0.305 e. The third-order valence-electron chi connectivity index (χ3n) is 6.36. The molecule has 21 heteroatoms. The first-order chi connectivity index (χ1) is 24.5. The number of aromatic nitrogens is 6. The van der Waals surface area contributed by atoms with Crippen LogP contribution in [0.4, 0.5) is 0 Å². The van der Waals surface area contributed by atoms with Gasteiger partial charge in [-0.15, -0.1) is 5.10 Å². The Kier molecular flexibility index (Phi) is 13.4. The van der Waals surface area contributed by atoms with Crippen molar-refractivity contribution in [1.29, 1.82) is 0 Å². The van der Waals surface area contributed by atoms with Crippen molar-refractivity contribution in [3.05, 3.63) is 90.2 Å². The Hall–Kier alpha value is -6.00. The summed E-state index contributed by atoms with van der Waals surface area (Å²) in [6, 6.07) is 12.5. The zero-order chi connectivity index (χ0) is 36.8. The molecule has 3 aromatic heterocycles. The minimum absolute atomic E-state index is 0.0805. The lowest BCUT2D eigenvalue weighted by Crippen LogP contribution is -2.33. The van der Waals surface area contributed by atoms with E-state index in [0.717, 1.165) is 5.56 Å². The van der Waals surface area contributed by atoms with Crippen molar-refractivity contribution in [2.45, 2.75) is 24.8 Å². The van der Waals surface area contributed by atoms with Crippen molar-refractivity contribution in [2.24, 2.45) is 10.7 Å². The van der Waals surface area contributed by atoms with Crippen molar-refractivity contribution in [1.82, 2.24) is 40.7 Å². The summed E-state index contributed by atoms with van der Waals surface area (Å²) in [5.41, 5.74) is 7.99. The summed E-state index contributed by atoms with van der Waals surface area (Å²) in [4.78, 5) is 29.3. The lowest BCUT2D eigenvalue weighted by molar-refractivity contribution is -0.492. The summed E-state index contributed by atoms with van der Waals surface area (Å²) in [6.45, 7) is 4.99. The monoisotopic (exact) mass is 726 g/mol. The number of methoxy groups -OCH3 is 1. The van der Waals surface area contributed by atoms with E-state index in [2.05, 4.69) is 51.7 Å². The fraction of sp³-hybridized carbons (Fsp3) is 0.233. The van der Waals surface area contributed by atoms with Crippen LogP contribution in [0.15, 0.2) is 89.1 Å². The minimum Gasteiger partial charge on any atom is -0.493 e.